The van der Waals surface area contributed by atoms with Crippen molar-refractivity contribution >= 4 is 38.9 Å². The highest BCUT2D eigenvalue weighted by Gasteiger charge is 2.44. The Morgan fingerprint density at radius 1 is 0.492 bits per heavy atom. The minimum atomic E-state index is -0.195. The molecule has 0 N–H and O–H groups in total. The molecule has 2 heterocycles. The van der Waals surface area contributed by atoms with Gasteiger partial charge in [-0.05, 0) is 118 Å². The number of benzene rings is 8. The number of ether oxygens (including phenoxy) is 1. The lowest BCUT2D eigenvalue weighted by Gasteiger charge is -2.28. The molecule has 2 unspecified atom stereocenters. The van der Waals surface area contributed by atoms with Crippen LogP contribution in [-0.2, 0) is 10.8 Å². The zero-order chi connectivity index (χ0) is 40.9. The first kappa shape index (κ1) is 35.6. The lowest BCUT2D eigenvalue weighted by atomic mass is 9.76. The molecule has 3 heteroatoms. The molecular weight excluding hydrogens is 741 g/mol. The number of fused-ring (bicyclic) bond motifs is 10. The first-order chi connectivity index (χ1) is 29.9. The Labute approximate surface area is 357 Å². The first-order valence-electron chi connectivity index (χ1n) is 21.4. The van der Waals surface area contributed by atoms with E-state index >= 15 is 0 Å². The van der Waals surface area contributed by atoms with Crippen molar-refractivity contribution < 1.29 is 4.74 Å². The van der Waals surface area contributed by atoms with Crippen molar-refractivity contribution in [3.8, 4) is 44.8 Å². The van der Waals surface area contributed by atoms with E-state index in [1.54, 1.807) is 0 Å². The third-order valence-electron chi connectivity index (χ3n) is 13.7. The molecular formula is C58H44N2O. The van der Waals surface area contributed by atoms with Crippen molar-refractivity contribution in [2.24, 2.45) is 0 Å². The van der Waals surface area contributed by atoms with Crippen LogP contribution in [-0.4, -0.2) is 10.7 Å². The molecule has 0 fully saturated rings. The number of para-hydroxylation sites is 1. The van der Waals surface area contributed by atoms with Crippen LogP contribution in [0.15, 0.2) is 206 Å². The van der Waals surface area contributed by atoms with E-state index in [1.165, 1.54) is 55.3 Å². The van der Waals surface area contributed by atoms with Crippen LogP contribution in [0.25, 0.3) is 60.9 Å². The van der Waals surface area contributed by atoms with Gasteiger partial charge in [0.25, 0.3) is 0 Å². The first-order valence-corrected chi connectivity index (χ1v) is 21.4. The summed E-state index contributed by atoms with van der Waals surface area (Å²) in [7, 11) is 0. The smallest absolute Gasteiger partial charge is 0.134 e. The Morgan fingerprint density at radius 3 is 1.87 bits per heavy atom. The summed E-state index contributed by atoms with van der Waals surface area (Å²) in [5, 5.41) is 2.36. The molecule has 0 spiro atoms. The lowest BCUT2D eigenvalue weighted by Crippen LogP contribution is -2.32. The normalized spacial score (nSPS) is 17.8. The van der Waals surface area contributed by atoms with Gasteiger partial charge in [0.15, 0.2) is 0 Å². The predicted octanol–water partition coefficient (Wildman–Crippen LogP) is 15.0. The van der Waals surface area contributed by atoms with Crippen LogP contribution in [0.2, 0.25) is 0 Å². The van der Waals surface area contributed by atoms with Gasteiger partial charge in [-0.15, -0.1) is 0 Å². The van der Waals surface area contributed by atoms with Crippen molar-refractivity contribution in [2.45, 2.75) is 37.7 Å². The van der Waals surface area contributed by atoms with Gasteiger partial charge in [0.2, 0.25) is 0 Å². The van der Waals surface area contributed by atoms with Gasteiger partial charge in [0.05, 0.1) is 21.8 Å². The number of allylic oxidation sites excluding steroid dienone is 2. The van der Waals surface area contributed by atoms with Gasteiger partial charge in [0.1, 0.15) is 11.9 Å². The minimum absolute atomic E-state index is 0.0213. The molecule has 2 aliphatic carbocycles. The van der Waals surface area contributed by atoms with Crippen molar-refractivity contribution in [1.82, 2.24) is 4.57 Å². The van der Waals surface area contributed by atoms with Crippen molar-refractivity contribution in [2.75, 3.05) is 4.90 Å². The number of nitrogens with zero attached hydrogens (tertiary/aromatic N) is 2. The summed E-state index contributed by atoms with van der Waals surface area (Å²) < 4.78 is 9.23. The molecule has 292 valence electrons. The van der Waals surface area contributed by atoms with E-state index in [-0.39, 0.29) is 16.9 Å². The monoisotopic (exact) mass is 784 g/mol. The van der Waals surface area contributed by atoms with E-state index in [0.29, 0.717) is 0 Å². The molecule has 3 nitrogen and oxygen atoms in total. The molecule has 1 aliphatic heterocycles. The summed E-state index contributed by atoms with van der Waals surface area (Å²) in [5.41, 5.74) is 17.9. The summed E-state index contributed by atoms with van der Waals surface area (Å²) in [5.74, 6) is 0.994. The maximum absolute atomic E-state index is 6.83. The van der Waals surface area contributed by atoms with E-state index < -0.39 is 0 Å². The second-order valence-electron chi connectivity index (χ2n) is 17.5. The standard InChI is InChI=1S/C58H44N2O/c1-57(2)49-19-11-10-18-46(49)47-32-30-45(37-51(47)57)59(43-26-21-39(22-27-43)38-14-6-4-7-15-38)44-28-23-40(24-29-44)41-25-31-48-53(36-41)60(42-16-8-5-9-17-42)52-34-33-50-56(55(48)52)61-54-20-12-13-35-58(50,54)3/h4-37,54H,1-3H3. The van der Waals surface area contributed by atoms with Crippen LogP contribution in [0.4, 0.5) is 17.1 Å². The van der Waals surface area contributed by atoms with Crippen LogP contribution in [0.1, 0.15) is 37.5 Å². The predicted molar refractivity (Wildman–Crippen MR) is 254 cm³/mol. The molecule has 0 radical (unpaired) electrons. The highest BCUT2D eigenvalue weighted by Crippen LogP contribution is 2.53. The molecule has 1 aromatic heterocycles. The molecule has 3 aliphatic rings. The molecule has 61 heavy (non-hydrogen) atoms. The van der Waals surface area contributed by atoms with E-state index in [1.807, 2.05) is 0 Å². The third-order valence-corrected chi connectivity index (χ3v) is 13.7. The third kappa shape index (κ3) is 5.36. The average molecular weight is 785 g/mol. The van der Waals surface area contributed by atoms with Crippen LogP contribution in [0.5, 0.6) is 5.75 Å². The second-order valence-corrected chi connectivity index (χ2v) is 17.5. The van der Waals surface area contributed by atoms with E-state index in [2.05, 4.69) is 237 Å². The van der Waals surface area contributed by atoms with Gasteiger partial charge in [0, 0.05) is 39.1 Å². The van der Waals surface area contributed by atoms with Gasteiger partial charge < -0.3 is 14.2 Å². The van der Waals surface area contributed by atoms with E-state index in [9.17, 15) is 0 Å². The summed E-state index contributed by atoms with van der Waals surface area (Å²) in [4.78, 5) is 2.40. The Morgan fingerprint density at radius 2 is 1.11 bits per heavy atom. The van der Waals surface area contributed by atoms with Crippen LogP contribution >= 0.6 is 0 Å². The molecule has 9 aromatic rings. The fraction of sp³-hybridized carbons (Fsp3) is 0.103. The van der Waals surface area contributed by atoms with Crippen LogP contribution < -0.4 is 9.64 Å². The summed E-state index contributed by atoms with van der Waals surface area (Å²) >= 11 is 0. The van der Waals surface area contributed by atoms with Crippen molar-refractivity contribution in [3.05, 3.63) is 223 Å². The summed E-state index contributed by atoms with van der Waals surface area (Å²) in [6.45, 7) is 6.99. The minimum Gasteiger partial charge on any atom is -0.484 e. The lowest BCUT2D eigenvalue weighted by molar-refractivity contribution is 0.230. The molecule has 8 aromatic carbocycles. The second kappa shape index (κ2) is 13.3. The zero-order valence-corrected chi connectivity index (χ0v) is 34.5. The summed E-state index contributed by atoms with van der Waals surface area (Å²) in [6, 6.07) is 66.8. The van der Waals surface area contributed by atoms with Crippen LogP contribution in [0, 0.1) is 0 Å². The SMILES string of the molecule is CC1(C)c2ccccc2-c2ccc(N(c3ccc(-c4ccccc4)cc3)c3ccc(-c4ccc5c6c7c(ccc6n(-c6ccccc6)c5c4)C4(C)C=CC=CC4O7)cc3)cc21. The van der Waals surface area contributed by atoms with Gasteiger partial charge in [-0.2, -0.15) is 0 Å². The Kier molecular flexibility index (Phi) is 7.77. The largest absolute Gasteiger partial charge is 0.484 e. The fourth-order valence-electron chi connectivity index (χ4n) is 10.4. The quantitative estimate of drug-likeness (QED) is 0.167. The maximum Gasteiger partial charge on any atom is 0.134 e. The van der Waals surface area contributed by atoms with E-state index in [0.717, 1.165) is 45.1 Å². The van der Waals surface area contributed by atoms with Crippen molar-refractivity contribution in [3.63, 3.8) is 0 Å². The van der Waals surface area contributed by atoms with Crippen molar-refractivity contribution in [1.29, 1.82) is 0 Å². The van der Waals surface area contributed by atoms with Crippen LogP contribution in [0.3, 0.4) is 0 Å². The topological polar surface area (TPSA) is 17.4 Å². The number of hydrogen-bond donors (Lipinski definition) is 0. The molecule has 0 saturated heterocycles. The Bertz CT molecular complexity index is 3240. The van der Waals surface area contributed by atoms with E-state index in [4.69, 9.17) is 4.74 Å². The van der Waals surface area contributed by atoms with Gasteiger partial charge in [-0.3, -0.25) is 0 Å². The van der Waals surface area contributed by atoms with Gasteiger partial charge in [-0.25, -0.2) is 0 Å². The fourth-order valence-corrected chi connectivity index (χ4v) is 10.4. The Balaban J connectivity index is 0.976. The van der Waals surface area contributed by atoms with Gasteiger partial charge in [-0.1, -0.05) is 153 Å². The van der Waals surface area contributed by atoms with Gasteiger partial charge >= 0.3 is 0 Å². The highest BCUT2D eigenvalue weighted by molar-refractivity contribution is 6.14. The molecule has 0 bridgehead atoms. The molecule has 2 atom stereocenters. The Hall–Kier alpha value is -7.36. The number of rotatable bonds is 6. The molecule has 0 saturated carbocycles. The summed E-state index contributed by atoms with van der Waals surface area (Å²) in [6.07, 6.45) is 8.71. The number of aromatic nitrogens is 1. The number of hydrogen-bond acceptors (Lipinski definition) is 2. The molecule has 0 amide bonds. The molecule has 12 rings (SSSR count). The zero-order valence-electron chi connectivity index (χ0n) is 34.5. The maximum atomic E-state index is 6.83. The number of anilines is 3. The highest BCUT2D eigenvalue weighted by atomic mass is 16.5. The average Bonchev–Trinajstić information content (AvgIpc) is 3.89.